The second kappa shape index (κ2) is 9.96. The van der Waals surface area contributed by atoms with Gasteiger partial charge in [-0.2, -0.15) is 0 Å². The highest BCUT2D eigenvalue weighted by atomic mass is 16.2. The molecule has 158 valence electrons. The van der Waals surface area contributed by atoms with Crippen molar-refractivity contribution in [2.24, 2.45) is 5.92 Å². The molecule has 0 spiro atoms. The third-order valence-electron chi connectivity index (χ3n) is 4.94. The molecule has 0 aliphatic carbocycles. The Balaban J connectivity index is 1.67. The lowest BCUT2D eigenvalue weighted by atomic mass is 10.0. The number of nitrogens with zero attached hydrogens (tertiary/aromatic N) is 4. The van der Waals surface area contributed by atoms with Gasteiger partial charge in [-0.1, -0.05) is 44.2 Å². The summed E-state index contributed by atoms with van der Waals surface area (Å²) in [4.78, 5) is 49.5. The fraction of sp³-hybridized carbons (Fsp3) is 0.409. The minimum atomic E-state index is -0.736. The van der Waals surface area contributed by atoms with Gasteiger partial charge in [-0.3, -0.25) is 19.4 Å². The number of carbonyl (C=O) groups is 3. The zero-order chi connectivity index (χ0) is 21.5. The van der Waals surface area contributed by atoms with E-state index in [9.17, 15) is 14.4 Å². The van der Waals surface area contributed by atoms with E-state index in [0.29, 0.717) is 38.3 Å². The molecule has 1 saturated heterocycles. The summed E-state index contributed by atoms with van der Waals surface area (Å²) in [6.07, 6.45) is 4.80. The van der Waals surface area contributed by atoms with Crippen LogP contribution in [0.3, 0.4) is 0 Å². The molecule has 2 heterocycles. The molecule has 0 radical (unpaired) electrons. The van der Waals surface area contributed by atoms with Crippen molar-refractivity contribution in [3.8, 4) is 0 Å². The van der Waals surface area contributed by atoms with Crippen LogP contribution in [0.2, 0.25) is 0 Å². The number of benzene rings is 1. The highest BCUT2D eigenvalue weighted by Crippen LogP contribution is 2.18. The lowest BCUT2D eigenvalue weighted by Crippen LogP contribution is -2.53. The van der Waals surface area contributed by atoms with E-state index in [0.717, 1.165) is 5.56 Å². The Labute approximate surface area is 176 Å². The first kappa shape index (κ1) is 21.4. The number of amides is 3. The Kier molecular flexibility index (Phi) is 7.11. The summed E-state index contributed by atoms with van der Waals surface area (Å²) in [6.45, 7) is 5.53. The van der Waals surface area contributed by atoms with E-state index in [2.05, 4.69) is 15.3 Å². The smallest absolute Gasteiger partial charge is 0.274 e. The van der Waals surface area contributed by atoms with E-state index in [1.165, 1.54) is 18.6 Å². The zero-order valence-corrected chi connectivity index (χ0v) is 17.3. The third kappa shape index (κ3) is 5.40. The second-order valence-corrected chi connectivity index (χ2v) is 7.72. The van der Waals surface area contributed by atoms with Gasteiger partial charge in [-0.15, -0.1) is 0 Å². The first-order valence-corrected chi connectivity index (χ1v) is 10.1. The Hall–Kier alpha value is -3.29. The largest absolute Gasteiger partial charge is 0.341 e. The minimum Gasteiger partial charge on any atom is -0.341 e. The van der Waals surface area contributed by atoms with Crippen molar-refractivity contribution in [3.05, 3.63) is 60.2 Å². The van der Waals surface area contributed by atoms with Gasteiger partial charge < -0.3 is 15.1 Å². The number of carbonyl (C=O) groups excluding carboxylic acids is 3. The summed E-state index contributed by atoms with van der Waals surface area (Å²) >= 11 is 0. The average Bonchev–Trinajstić information content (AvgIpc) is 2.77. The molecule has 1 aliphatic rings. The normalized spacial score (nSPS) is 15.0. The Morgan fingerprint density at radius 2 is 1.67 bits per heavy atom. The molecular weight excluding hydrogens is 382 g/mol. The van der Waals surface area contributed by atoms with Crippen LogP contribution in [0.1, 0.15) is 42.4 Å². The van der Waals surface area contributed by atoms with Gasteiger partial charge in [0.15, 0.2) is 0 Å². The van der Waals surface area contributed by atoms with E-state index in [1.807, 2.05) is 44.2 Å². The monoisotopic (exact) mass is 409 g/mol. The van der Waals surface area contributed by atoms with Crippen LogP contribution in [-0.4, -0.2) is 63.7 Å². The van der Waals surface area contributed by atoms with Crippen molar-refractivity contribution in [3.63, 3.8) is 0 Å². The predicted molar refractivity (Wildman–Crippen MR) is 111 cm³/mol. The summed E-state index contributed by atoms with van der Waals surface area (Å²) in [5.74, 6) is -0.305. The van der Waals surface area contributed by atoms with Crippen LogP contribution >= 0.6 is 0 Å². The van der Waals surface area contributed by atoms with E-state index < -0.39 is 6.04 Å². The summed E-state index contributed by atoms with van der Waals surface area (Å²) in [5.41, 5.74) is 1.04. The minimum absolute atomic E-state index is 0.149. The predicted octanol–water partition coefficient (Wildman–Crippen LogP) is 1.66. The van der Waals surface area contributed by atoms with E-state index in [4.69, 9.17) is 0 Å². The van der Waals surface area contributed by atoms with Crippen LogP contribution in [-0.2, 0) is 9.59 Å². The Morgan fingerprint density at radius 1 is 1.00 bits per heavy atom. The van der Waals surface area contributed by atoms with Crippen molar-refractivity contribution < 1.29 is 14.4 Å². The average molecular weight is 409 g/mol. The number of rotatable bonds is 6. The Morgan fingerprint density at radius 3 is 2.27 bits per heavy atom. The summed E-state index contributed by atoms with van der Waals surface area (Å²) < 4.78 is 0. The van der Waals surface area contributed by atoms with Gasteiger partial charge in [0.2, 0.25) is 11.8 Å². The first-order chi connectivity index (χ1) is 14.5. The van der Waals surface area contributed by atoms with Crippen molar-refractivity contribution >= 4 is 17.7 Å². The number of hydrogen-bond acceptors (Lipinski definition) is 5. The summed E-state index contributed by atoms with van der Waals surface area (Å²) in [7, 11) is 0. The summed E-state index contributed by atoms with van der Waals surface area (Å²) in [5, 5.41) is 2.89. The van der Waals surface area contributed by atoms with Gasteiger partial charge in [0.25, 0.3) is 5.91 Å². The molecular formula is C22H27N5O3. The van der Waals surface area contributed by atoms with E-state index >= 15 is 0 Å². The topological polar surface area (TPSA) is 95.5 Å². The maximum Gasteiger partial charge on any atom is 0.274 e. The SMILES string of the molecule is CC(C)CC(=O)NC(C(=O)N1CCN(C(=O)c2cnccn2)CC1)c1ccccc1. The molecule has 8 heteroatoms. The number of aromatic nitrogens is 2. The molecule has 3 rings (SSSR count). The van der Waals surface area contributed by atoms with Crippen LogP contribution in [0.15, 0.2) is 48.9 Å². The number of hydrogen-bond donors (Lipinski definition) is 1. The van der Waals surface area contributed by atoms with E-state index in [-0.39, 0.29) is 23.6 Å². The molecule has 1 aliphatic heterocycles. The lowest BCUT2D eigenvalue weighted by Gasteiger charge is -2.36. The van der Waals surface area contributed by atoms with Gasteiger partial charge in [0, 0.05) is 45.0 Å². The molecule has 1 fully saturated rings. The molecule has 8 nitrogen and oxygen atoms in total. The second-order valence-electron chi connectivity index (χ2n) is 7.72. The molecule has 0 saturated carbocycles. The zero-order valence-electron chi connectivity index (χ0n) is 17.3. The van der Waals surface area contributed by atoms with Crippen LogP contribution in [0, 0.1) is 5.92 Å². The third-order valence-corrected chi connectivity index (χ3v) is 4.94. The standard InChI is InChI=1S/C22H27N5O3/c1-16(2)14-19(28)25-20(17-6-4-3-5-7-17)22(30)27-12-10-26(11-13-27)21(29)18-15-23-8-9-24-18/h3-9,15-16,20H,10-14H2,1-2H3,(H,25,28). The van der Waals surface area contributed by atoms with Crippen molar-refractivity contribution in [1.82, 2.24) is 25.1 Å². The van der Waals surface area contributed by atoms with Crippen LogP contribution < -0.4 is 5.32 Å². The number of nitrogens with one attached hydrogen (secondary N) is 1. The van der Waals surface area contributed by atoms with Crippen molar-refractivity contribution in [2.75, 3.05) is 26.2 Å². The van der Waals surface area contributed by atoms with Gasteiger partial charge in [0.05, 0.1) is 6.20 Å². The van der Waals surface area contributed by atoms with Crippen molar-refractivity contribution in [1.29, 1.82) is 0 Å². The lowest BCUT2D eigenvalue weighted by molar-refractivity contribution is -0.138. The first-order valence-electron chi connectivity index (χ1n) is 10.1. The molecule has 1 unspecified atom stereocenters. The van der Waals surface area contributed by atoms with Gasteiger partial charge in [-0.05, 0) is 11.5 Å². The molecule has 1 aromatic heterocycles. The maximum atomic E-state index is 13.3. The molecule has 2 aromatic rings. The van der Waals surface area contributed by atoms with Gasteiger partial charge in [0.1, 0.15) is 11.7 Å². The van der Waals surface area contributed by atoms with Crippen LogP contribution in [0.5, 0.6) is 0 Å². The quantitative estimate of drug-likeness (QED) is 0.783. The fourth-order valence-electron chi connectivity index (χ4n) is 3.41. The summed E-state index contributed by atoms with van der Waals surface area (Å²) in [6, 6.07) is 8.51. The van der Waals surface area contributed by atoms with Crippen LogP contribution in [0.25, 0.3) is 0 Å². The molecule has 0 bridgehead atoms. The van der Waals surface area contributed by atoms with Crippen LogP contribution in [0.4, 0.5) is 0 Å². The van der Waals surface area contributed by atoms with Crippen molar-refractivity contribution in [2.45, 2.75) is 26.3 Å². The fourth-order valence-corrected chi connectivity index (χ4v) is 3.41. The van der Waals surface area contributed by atoms with Gasteiger partial charge >= 0.3 is 0 Å². The Bertz CT molecular complexity index is 865. The molecule has 1 atom stereocenters. The van der Waals surface area contributed by atoms with Gasteiger partial charge in [-0.25, -0.2) is 4.98 Å². The molecule has 3 amide bonds. The molecule has 1 aromatic carbocycles. The highest BCUT2D eigenvalue weighted by Gasteiger charge is 2.31. The maximum absolute atomic E-state index is 13.3. The molecule has 30 heavy (non-hydrogen) atoms. The number of piperazine rings is 1. The highest BCUT2D eigenvalue weighted by molar-refractivity contribution is 5.92. The van der Waals surface area contributed by atoms with E-state index in [1.54, 1.807) is 9.80 Å². The molecule has 1 N–H and O–H groups in total.